The van der Waals surface area contributed by atoms with Crippen molar-refractivity contribution in [1.82, 2.24) is 0 Å². The van der Waals surface area contributed by atoms with Crippen LogP contribution in [0.5, 0.6) is 0 Å². The third kappa shape index (κ3) is 3.68. The lowest BCUT2D eigenvalue weighted by Crippen LogP contribution is -2.61. The summed E-state index contributed by atoms with van der Waals surface area (Å²) in [5, 5.41) is 21.8. The zero-order valence-electron chi connectivity index (χ0n) is 19.8. The van der Waals surface area contributed by atoms with Crippen molar-refractivity contribution >= 4 is 11.8 Å². The van der Waals surface area contributed by atoms with E-state index in [2.05, 4.69) is 20.8 Å². The molecule has 4 aliphatic rings. The van der Waals surface area contributed by atoms with E-state index in [1.165, 1.54) is 0 Å². The summed E-state index contributed by atoms with van der Waals surface area (Å²) in [5.74, 6) is 1.64. The fourth-order valence-corrected chi connectivity index (χ4v) is 8.62. The minimum atomic E-state index is -0.411. The topological polar surface area (TPSA) is 83.8 Å². The van der Waals surface area contributed by atoms with E-state index in [-0.39, 0.29) is 46.6 Å². The maximum atomic E-state index is 13.5. The molecule has 176 valence electrons. The molecule has 0 bridgehead atoms. The molecule has 10 atom stereocenters. The second-order valence-corrected chi connectivity index (χ2v) is 11.7. The number of hydrogen-bond acceptors (Lipinski definition) is 5. The highest BCUT2D eigenvalue weighted by atomic mass is 16.5. The van der Waals surface area contributed by atoms with Gasteiger partial charge >= 0.3 is 5.97 Å². The number of carbonyl (C=O) groups is 2. The molecule has 4 aliphatic carbocycles. The summed E-state index contributed by atoms with van der Waals surface area (Å²) in [7, 11) is 0. The molecule has 0 aromatic rings. The summed E-state index contributed by atoms with van der Waals surface area (Å²) in [6, 6.07) is 0. The summed E-state index contributed by atoms with van der Waals surface area (Å²) in [6.07, 6.45) is 6.34. The molecule has 5 heteroatoms. The number of carbonyl (C=O) groups excluding carboxylic acids is 2. The molecular formula is C26H42O5. The van der Waals surface area contributed by atoms with E-state index in [0.717, 1.165) is 38.5 Å². The standard InChI is InChI=1S/C26H42O5/c1-5-31-23(30)9-6-15(2)18-7-8-19-24-20(14-22(29)26(18,19)4)25(3)11-10-17(27)12-16(25)13-21(24)28/h15-20,22,24,27,29H,5-14H2,1-4H3/t15-,16+,17-,18-,19+,20+,22+,24+,25-,26+/m0/s1. The summed E-state index contributed by atoms with van der Waals surface area (Å²) in [4.78, 5) is 25.3. The molecular weight excluding hydrogens is 392 g/mol. The second-order valence-electron chi connectivity index (χ2n) is 11.7. The fourth-order valence-electron chi connectivity index (χ4n) is 8.62. The molecule has 31 heavy (non-hydrogen) atoms. The fraction of sp³-hybridized carbons (Fsp3) is 0.923. The van der Waals surface area contributed by atoms with Gasteiger partial charge in [-0.25, -0.2) is 0 Å². The average molecular weight is 435 g/mol. The summed E-state index contributed by atoms with van der Waals surface area (Å²) >= 11 is 0. The van der Waals surface area contributed by atoms with Crippen LogP contribution in [-0.2, 0) is 14.3 Å². The van der Waals surface area contributed by atoms with Crippen molar-refractivity contribution in [3.8, 4) is 0 Å². The van der Waals surface area contributed by atoms with E-state index < -0.39 is 6.10 Å². The van der Waals surface area contributed by atoms with Gasteiger partial charge in [0.2, 0.25) is 0 Å². The van der Waals surface area contributed by atoms with Crippen molar-refractivity contribution in [2.45, 2.75) is 97.7 Å². The van der Waals surface area contributed by atoms with E-state index in [0.29, 0.717) is 43.5 Å². The minimum absolute atomic E-state index is 0.0483. The van der Waals surface area contributed by atoms with E-state index in [4.69, 9.17) is 4.74 Å². The summed E-state index contributed by atoms with van der Waals surface area (Å²) < 4.78 is 5.11. The molecule has 0 radical (unpaired) electrons. The van der Waals surface area contributed by atoms with Crippen LogP contribution in [0.3, 0.4) is 0 Å². The van der Waals surface area contributed by atoms with Crippen LogP contribution in [0.25, 0.3) is 0 Å². The predicted molar refractivity (Wildman–Crippen MR) is 118 cm³/mol. The van der Waals surface area contributed by atoms with Crippen LogP contribution >= 0.6 is 0 Å². The molecule has 5 nitrogen and oxygen atoms in total. The number of ketones is 1. The SMILES string of the molecule is CCOC(=O)CC[C@H](C)[C@@H]1CC[C@@H]2[C@H]3C(=O)C[C@H]4C[C@@H](O)CC[C@]4(C)[C@@H]3C[C@@H](O)[C@@]21C. The van der Waals surface area contributed by atoms with Gasteiger partial charge in [0.05, 0.1) is 18.8 Å². The van der Waals surface area contributed by atoms with Gasteiger partial charge in [-0.05, 0) is 86.9 Å². The highest BCUT2D eigenvalue weighted by Crippen LogP contribution is 2.67. The molecule has 4 fully saturated rings. The molecule has 4 rings (SSSR count). The Morgan fingerprint density at radius 1 is 1.16 bits per heavy atom. The smallest absolute Gasteiger partial charge is 0.305 e. The number of esters is 1. The molecule has 0 aliphatic heterocycles. The van der Waals surface area contributed by atoms with E-state index in [1.54, 1.807) is 0 Å². The van der Waals surface area contributed by atoms with Gasteiger partial charge in [0.25, 0.3) is 0 Å². The first-order chi connectivity index (χ1) is 14.6. The number of fused-ring (bicyclic) bond motifs is 5. The molecule has 0 unspecified atom stereocenters. The Labute approximate surface area is 187 Å². The van der Waals surface area contributed by atoms with Gasteiger partial charge in [-0.3, -0.25) is 9.59 Å². The number of ether oxygens (including phenoxy) is 1. The largest absolute Gasteiger partial charge is 0.466 e. The number of aliphatic hydroxyl groups is 2. The molecule has 2 N–H and O–H groups in total. The Kier molecular flexibility index (Phi) is 6.33. The number of hydrogen-bond donors (Lipinski definition) is 2. The van der Waals surface area contributed by atoms with Crippen LogP contribution in [0.15, 0.2) is 0 Å². The molecule has 0 heterocycles. The molecule has 0 amide bonds. The van der Waals surface area contributed by atoms with Crippen molar-refractivity contribution in [3.05, 3.63) is 0 Å². The highest BCUT2D eigenvalue weighted by molar-refractivity contribution is 5.83. The Bertz CT molecular complexity index is 706. The maximum absolute atomic E-state index is 13.5. The third-order valence-corrected chi connectivity index (χ3v) is 10.4. The molecule has 0 spiro atoms. The van der Waals surface area contributed by atoms with Crippen LogP contribution in [0.2, 0.25) is 0 Å². The molecule has 4 saturated carbocycles. The zero-order chi connectivity index (χ0) is 22.6. The first-order valence-corrected chi connectivity index (χ1v) is 12.7. The number of aliphatic hydroxyl groups excluding tert-OH is 2. The van der Waals surface area contributed by atoms with E-state index in [9.17, 15) is 19.8 Å². The molecule has 0 aromatic heterocycles. The Morgan fingerprint density at radius 3 is 2.61 bits per heavy atom. The lowest BCUT2D eigenvalue weighted by molar-refractivity contribution is -0.182. The lowest BCUT2D eigenvalue weighted by atomic mass is 9.43. The minimum Gasteiger partial charge on any atom is -0.466 e. The second kappa shape index (κ2) is 8.44. The monoisotopic (exact) mass is 434 g/mol. The van der Waals surface area contributed by atoms with Gasteiger partial charge in [0.1, 0.15) is 5.78 Å². The Hall–Kier alpha value is -0.940. The van der Waals surface area contributed by atoms with Gasteiger partial charge in [0.15, 0.2) is 0 Å². The van der Waals surface area contributed by atoms with Crippen molar-refractivity contribution in [3.63, 3.8) is 0 Å². The molecule has 0 saturated heterocycles. The third-order valence-electron chi connectivity index (χ3n) is 10.4. The maximum Gasteiger partial charge on any atom is 0.305 e. The van der Waals surface area contributed by atoms with Gasteiger partial charge in [-0.1, -0.05) is 20.8 Å². The summed E-state index contributed by atoms with van der Waals surface area (Å²) in [5.41, 5.74) is -0.212. The number of rotatable bonds is 5. The lowest BCUT2D eigenvalue weighted by Gasteiger charge is -2.61. The first-order valence-electron chi connectivity index (χ1n) is 12.7. The van der Waals surface area contributed by atoms with E-state index >= 15 is 0 Å². The normalized spacial score (nSPS) is 47.8. The van der Waals surface area contributed by atoms with Crippen molar-refractivity contribution < 1.29 is 24.5 Å². The Morgan fingerprint density at radius 2 is 1.90 bits per heavy atom. The first kappa shape index (κ1) is 23.2. The average Bonchev–Trinajstić information content (AvgIpc) is 3.07. The van der Waals surface area contributed by atoms with Crippen LogP contribution in [0.4, 0.5) is 0 Å². The highest BCUT2D eigenvalue weighted by Gasteiger charge is 2.65. The predicted octanol–water partition coefficient (Wildman–Crippen LogP) is 4.14. The van der Waals surface area contributed by atoms with Crippen LogP contribution < -0.4 is 0 Å². The quantitative estimate of drug-likeness (QED) is 0.636. The van der Waals surface area contributed by atoms with E-state index in [1.807, 2.05) is 6.92 Å². The Balaban J connectivity index is 1.55. The van der Waals surface area contributed by atoms with Crippen molar-refractivity contribution in [1.29, 1.82) is 0 Å². The van der Waals surface area contributed by atoms with Gasteiger partial charge < -0.3 is 14.9 Å². The van der Waals surface area contributed by atoms with Gasteiger partial charge in [-0.2, -0.15) is 0 Å². The van der Waals surface area contributed by atoms with Crippen molar-refractivity contribution in [2.24, 2.45) is 46.3 Å². The van der Waals surface area contributed by atoms with Crippen LogP contribution in [0.1, 0.15) is 85.5 Å². The number of Topliss-reactive ketones (excluding diaryl/α,β-unsaturated/α-hetero) is 1. The summed E-state index contributed by atoms with van der Waals surface area (Å²) in [6.45, 7) is 9.01. The molecule has 0 aromatic carbocycles. The van der Waals surface area contributed by atoms with Gasteiger partial charge in [0, 0.05) is 24.2 Å². The zero-order valence-corrected chi connectivity index (χ0v) is 19.8. The van der Waals surface area contributed by atoms with Crippen LogP contribution in [-0.4, -0.2) is 40.8 Å². The van der Waals surface area contributed by atoms with Crippen LogP contribution in [0, 0.1) is 46.3 Å². The van der Waals surface area contributed by atoms with Crippen molar-refractivity contribution in [2.75, 3.05) is 6.61 Å². The van der Waals surface area contributed by atoms with Gasteiger partial charge in [-0.15, -0.1) is 0 Å².